The van der Waals surface area contributed by atoms with Crippen LogP contribution < -0.4 is 0 Å². The highest BCUT2D eigenvalue weighted by molar-refractivity contribution is 7.80. The van der Waals surface area contributed by atoms with Crippen LogP contribution in [0, 0.1) is 23.7 Å². The molecule has 2 heterocycles. The van der Waals surface area contributed by atoms with Gasteiger partial charge in [-0.05, 0) is 43.6 Å². The summed E-state index contributed by atoms with van der Waals surface area (Å²) in [6.07, 6.45) is 0.323. The van der Waals surface area contributed by atoms with E-state index in [2.05, 4.69) is 11.6 Å². The van der Waals surface area contributed by atoms with Crippen LogP contribution >= 0.6 is 0 Å². The molecular formula is C28H44O11S. The smallest absolute Gasteiger partial charge is 0.372 e. The largest absolute Gasteiger partial charge is 0.397 e. The zero-order valence-corrected chi connectivity index (χ0v) is 24.5. The van der Waals surface area contributed by atoms with Gasteiger partial charge in [-0.3, -0.25) is 4.55 Å². The molecule has 4 unspecified atom stereocenters. The zero-order chi connectivity index (χ0) is 29.3. The molecule has 2 fully saturated rings. The Morgan fingerprint density at radius 2 is 1.70 bits per heavy atom. The first kappa shape index (κ1) is 33.1. The predicted octanol–water partition coefficient (Wildman–Crippen LogP) is 4.59. The molecule has 1 aromatic carbocycles. The maximum absolute atomic E-state index is 11.4. The molecule has 1 aromatic rings. The van der Waals surface area contributed by atoms with Crippen LogP contribution in [0.1, 0.15) is 52.5 Å². The fourth-order valence-electron chi connectivity index (χ4n) is 5.57. The summed E-state index contributed by atoms with van der Waals surface area (Å²) in [5, 5.41) is 13.4. The minimum atomic E-state index is -4.69. The lowest BCUT2D eigenvalue weighted by atomic mass is 9.73. The highest BCUT2D eigenvalue weighted by Crippen LogP contribution is 2.42. The number of hydrogen-bond acceptors (Lipinski definition) is 10. The van der Waals surface area contributed by atoms with E-state index in [0.29, 0.717) is 19.6 Å². The molecule has 0 amide bonds. The van der Waals surface area contributed by atoms with Gasteiger partial charge in [-0.25, -0.2) is 9.44 Å². The number of hydrogen-bond donors (Lipinski definition) is 2. The van der Waals surface area contributed by atoms with Crippen molar-refractivity contribution in [3.05, 3.63) is 48.6 Å². The molecule has 2 aliphatic rings. The van der Waals surface area contributed by atoms with Crippen LogP contribution in [-0.2, 0) is 50.1 Å². The van der Waals surface area contributed by atoms with E-state index in [9.17, 15) is 18.2 Å². The fraction of sp³-hybridized carbons (Fsp3) is 0.714. The van der Waals surface area contributed by atoms with Crippen LogP contribution in [0.15, 0.2) is 43.0 Å². The van der Waals surface area contributed by atoms with Crippen LogP contribution in [-0.4, -0.2) is 68.3 Å². The van der Waals surface area contributed by atoms with Gasteiger partial charge in [-0.1, -0.05) is 62.2 Å². The van der Waals surface area contributed by atoms with E-state index in [0.717, 1.165) is 18.4 Å². The van der Waals surface area contributed by atoms with Crippen molar-refractivity contribution in [2.45, 2.75) is 90.4 Å². The number of ether oxygens (including phenoxy) is 4. The summed E-state index contributed by atoms with van der Waals surface area (Å²) in [4.78, 5) is 5.33. The van der Waals surface area contributed by atoms with Crippen LogP contribution in [0.3, 0.4) is 0 Å². The third-order valence-electron chi connectivity index (χ3n) is 8.22. The van der Waals surface area contributed by atoms with Crippen molar-refractivity contribution in [3.63, 3.8) is 0 Å². The summed E-state index contributed by atoms with van der Waals surface area (Å²) in [5.41, 5.74) is 0.985. The van der Waals surface area contributed by atoms with Gasteiger partial charge in [0.1, 0.15) is 6.10 Å². The molecule has 228 valence electrons. The minimum absolute atomic E-state index is 0.0224. The Kier molecular flexibility index (Phi) is 13.0. The van der Waals surface area contributed by atoms with Crippen LogP contribution in [0.25, 0.3) is 0 Å². The van der Waals surface area contributed by atoms with E-state index in [1.54, 1.807) is 0 Å². The van der Waals surface area contributed by atoms with Gasteiger partial charge in [0, 0.05) is 11.8 Å². The number of benzene rings is 1. The lowest BCUT2D eigenvalue weighted by molar-refractivity contribution is -0.523. The summed E-state index contributed by atoms with van der Waals surface area (Å²) in [5.74, 6) is -0.443. The highest BCUT2D eigenvalue weighted by atomic mass is 32.3. The quantitative estimate of drug-likeness (QED) is 0.0978. The summed E-state index contributed by atoms with van der Waals surface area (Å²) < 4.78 is 61.7. The number of rotatable bonds is 15. The van der Waals surface area contributed by atoms with Gasteiger partial charge < -0.3 is 18.9 Å². The Bertz CT molecular complexity index is 991. The molecule has 10 atom stereocenters. The molecule has 0 bridgehead atoms. The molecule has 11 nitrogen and oxygen atoms in total. The second kappa shape index (κ2) is 15.7. The molecule has 0 radical (unpaired) electrons. The van der Waals surface area contributed by atoms with E-state index in [-0.39, 0.29) is 29.8 Å². The standard InChI is InChI=1S/C28H44O11S/c1-6-7-11-14-33-28-19(3)18(2)23(25(37-28)17-35-40(30,31)32)15-24-27(38-39-29)26(20(4)21(5)36-24)34-16-22-12-9-8-10-13-22/h6,8-10,12-13,18-21,23-29H,1,7,11,14-17H2,2-5H3,(H,30,31,32)/t18-,19?,20-,21?,23+,24+,25?,26-,27?,28-/m1/s1. The molecule has 12 heteroatoms. The summed E-state index contributed by atoms with van der Waals surface area (Å²) in [6, 6.07) is 9.71. The van der Waals surface area contributed by atoms with Crippen molar-refractivity contribution in [1.82, 2.24) is 0 Å². The lowest BCUT2D eigenvalue weighted by Gasteiger charge is -2.48. The molecular weight excluding hydrogens is 544 g/mol. The SMILES string of the molecule is C=CCCCO[C@@H]1OC(COS(=O)(=O)O)[C@@H](C[C@@H]2OC(C)[C@@H](C)[C@@H](OCc3ccccc3)C2OOO)[C@H](C)C1C. The van der Waals surface area contributed by atoms with Gasteiger partial charge >= 0.3 is 10.4 Å². The number of unbranched alkanes of at least 4 members (excludes halogenated alkanes) is 1. The minimum Gasteiger partial charge on any atom is -0.372 e. The topological polar surface area (TPSA) is 139 Å². The Morgan fingerprint density at radius 3 is 2.35 bits per heavy atom. The lowest BCUT2D eigenvalue weighted by Crippen LogP contribution is -2.57. The second-order valence-corrected chi connectivity index (χ2v) is 11.9. The average molecular weight is 589 g/mol. The first-order chi connectivity index (χ1) is 19.1. The number of allylic oxidation sites excluding steroid dienone is 1. The maximum atomic E-state index is 11.4. The molecule has 2 aliphatic heterocycles. The van der Waals surface area contributed by atoms with Crippen LogP contribution in [0.4, 0.5) is 0 Å². The fourth-order valence-corrected chi connectivity index (χ4v) is 5.87. The van der Waals surface area contributed by atoms with Crippen molar-refractivity contribution in [2.75, 3.05) is 13.2 Å². The first-order valence-corrected chi connectivity index (χ1v) is 15.2. The van der Waals surface area contributed by atoms with Gasteiger partial charge in [0.05, 0.1) is 44.2 Å². The van der Waals surface area contributed by atoms with Crippen molar-refractivity contribution < 1.29 is 51.3 Å². The molecule has 0 aliphatic carbocycles. The van der Waals surface area contributed by atoms with Gasteiger partial charge in [0.2, 0.25) is 0 Å². The molecule has 3 rings (SSSR count). The van der Waals surface area contributed by atoms with Gasteiger partial charge in [-0.2, -0.15) is 13.3 Å². The van der Waals surface area contributed by atoms with Crippen molar-refractivity contribution >= 4 is 10.4 Å². The van der Waals surface area contributed by atoms with E-state index in [1.165, 1.54) is 0 Å². The highest BCUT2D eigenvalue weighted by Gasteiger charge is 2.49. The van der Waals surface area contributed by atoms with E-state index >= 15 is 0 Å². The van der Waals surface area contributed by atoms with Gasteiger partial charge in [0.25, 0.3) is 0 Å². The summed E-state index contributed by atoms with van der Waals surface area (Å²) in [7, 11) is -4.69. The van der Waals surface area contributed by atoms with Crippen molar-refractivity contribution in [1.29, 1.82) is 0 Å². The van der Waals surface area contributed by atoms with Crippen LogP contribution in [0.5, 0.6) is 0 Å². The summed E-state index contributed by atoms with van der Waals surface area (Å²) >= 11 is 0. The Balaban J connectivity index is 1.80. The third-order valence-corrected chi connectivity index (χ3v) is 8.65. The summed E-state index contributed by atoms with van der Waals surface area (Å²) in [6.45, 7) is 12.1. The molecule has 40 heavy (non-hydrogen) atoms. The van der Waals surface area contributed by atoms with Crippen LogP contribution in [0.2, 0.25) is 0 Å². The molecule has 0 spiro atoms. The molecule has 2 N–H and O–H groups in total. The van der Waals surface area contributed by atoms with E-state index in [1.807, 2.05) is 64.1 Å². The molecule has 0 saturated carbocycles. The molecule has 2 saturated heterocycles. The third kappa shape index (κ3) is 9.28. The zero-order valence-electron chi connectivity index (χ0n) is 23.7. The Morgan fingerprint density at radius 1 is 0.975 bits per heavy atom. The van der Waals surface area contributed by atoms with Crippen molar-refractivity contribution in [2.24, 2.45) is 23.7 Å². The first-order valence-electron chi connectivity index (χ1n) is 13.8. The van der Waals surface area contributed by atoms with Gasteiger partial charge in [0.15, 0.2) is 6.29 Å². The molecule has 0 aromatic heterocycles. The predicted molar refractivity (Wildman–Crippen MR) is 145 cm³/mol. The van der Waals surface area contributed by atoms with Crippen molar-refractivity contribution in [3.8, 4) is 0 Å². The monoisotopic (exact) mass is 588 g/mol. The van der Waals surface area contributed by atoms with Gasteiger partial charge in [-0.15, -0.1) is 6.58 Å². The van der Waals surface area contributed by atoms with E-state index < -0.39 is 47.7 Å². The Hall–Kier alpha value is -1.45. The van der Waals surface area contributed by atoms with E-state index in [4.69, 9.17) is 28.0 Å². The Labute approximate surface area is 237 Å². The maximum Gasteiger partial charge on any atom is 0.397 e. The second-order valence-electron chi connectivity index (χ2n) is 10.8. The normalized spacial score (nSPS) is 35.0. The average Bonchev–Trinajstić information content (AvgIpc) is 2.92.